The van der Waals surface area contributed by atoms with E-state index in [0.29, 0.717) is 54.4 Å². The maximum absolute atomic E-state index is 14.6. The number of anilines is 1. The lowest BCUT2D eigenvalue weighted by atomic mass is 9.81. The number of fused-ring (bicyclic) bond motifs is 1. The zero-order chi connectivity index (χ0) is 19.9. The van der Waals surface area contributed by atoms with Crippen molar-refractivity contribution in [1.82, 2.24) is 20.2 Å². The van der Waals surface area contributed by atoms with Crippen LogP contribution in [0.3, 0.4) is 0 Å². The lowest BCUT2D eigenvalue weighted by Gasteiger charge is -2.44. The van der Waals surface area contributed by atoms with Gasteiger partial charge in [-0.05, 0) is 43.0 Å². The Morgan fingerprint density at radius 1 is 1.39 bits per heavy atom. The van der Waals surface area contributed by atoms with Crippen molar-refractivity contribution in [3.63, 3.8) is 0 Å². The second kappa shape index (κ2) is 7.10. The molecular weight excluding hydrogens is 359 g/mol. The number of β-amino-alcohol motifs (C(OH)–C–C–N with tert-alkyl or cyclic N) is 1. The van der Waals surface area contributed by atoms with E-state index in [1.165, 1.54) is 6.07 Å². The number of nitrogens with two attached hydrogens (primary N) is 1. The molecule has 2 atom stereocenters. The molecule has 0 bridgehead atoms. The number of pyridine rings is 2. The normalized spacial score (nSPS) is 22.9. The summed E-state index contributed by atoms with van der Waals surface area (Å²) >= 11 is 0. The summed E-state index contributed by atoms with van der Waals surface area (Å²) in [6.07, 6.45) is 2.89. The van der Waals surface area contributed by atoms with Crippen LogP contribution in [0.2, 0.25) is 0 Å². The minimum atomic E-state index is -0.993. The highest BCUT2D eigenvalue weighted by atomic mass is 19.1. The van der Waals surface area contributed by atoms with Gasteiger partial charge in [-0.3, -0.25) is 5.10 Å². The van der Waals surface area contributed by atoms with Crippen molar-refractivity contribution >= 4 is 16.9 Å². The molecule has 4 heterocycles. The number of hydrogen-bond acceptors (Lipinski definition) is 6. The van der Waals surface area contributed by atoms with Gasteiger partial charge >= 0.3 is 0 Å². The fourth-order valence-electron chi connectivity index (χ4n) is 4.02. The summed E-state index contributed by atoms with van der Waals surface area (Å²) < 4.78 is 14.6. The van der Waals surface area contributed by atoms with E-state index in [1.54, 1.807) is 18.3 Å². The number of H-pyrrole nitrogens is 1. The maximum atomic E-state index is 14.6. The van der Waals surface area contributed by atoms with Crippen LogP contribution in [0.1, 0.15) is 26.7 Å². The minimum absolute atomic E-state index is 0.190. The van der Waals surface area contributed by atoms with Gasteiger partial charge in [0.1, 0.15) is 11.5 Å². The summed E-state index contributed by atoms with van der Waals surface area (Å²) in [4.78, 5) is 10.7. The van der Waals surface area contributed by atoms with Gasteiger partial charge in [-0.1, -0.05) is 13.8 Å². The predicted molar refractivity (Wildman–Crippen MR) is 106 cm³/mol. The molecule has 7 nitrogen and oxygen atoms in total. The zero-order valence-electron chi connectivity index (χ0n) is 16.1. The molecule has 0 spiro atoms. The van der Waals surface area contributed by atoms with Crippen molar-refractivity contribution in [2.75, 3.05) is 18.0 Å². The van der Waals surface area contributed by atoms with Crippen LogP contribution in [0, 0.1) is 11.7 Å². The number of aromatic amines is 1. The van der Waals surface area contributed by atoms with E-state index >= 15 is 0 Å². The zero-order valence-corrected chi connectivity index (χ0v) is 16.1. The first kappa shape index (κ1) is 18.8. The number of aliphatic hydroxyl groups is 1. The van der Waals surface area contributed by atoms with Gasteiger partial charge in [0.05, 0.1) is 11.3 Å². The Morgan fingerprint density at radius 2 is 2.21 bits per heavy atom. The standard InChI is InChI=1S/C20H25FN6O/c1-12(2)10-20(28)11-27(9-7-15(20)22)16-6-5-14(21)18(24-16)17-13-4-3-8-23-19(13)26-25-17/h3-6,8,12,15,28H,7,9-11,22H2,1-2H3,(H,23,25,26)/t15-,20-/m0/s1. The predicted octanol–water partition coefficient (Wildman–Crippen LogP) is 2.47. The number of aromatic nitrogens is 4. The molecule has 4 rings (SSSR count). The van der Waals surface area contributed by atoms with E-state index in [-0.39, 0.29) is 11.7 Å². The maximum Gasteiger partial charge on any atom is 0.181 e. The van der Waals surface area contributed by atoms with Crippen LogP contribution in [-0.4, -0.2) is 50.0 Å². The molecule has 1 aliphatic rings. The van der Waals surface area contributed by atoms with Gasteiger partial charge in [0.2, 0.25) is 0 Å². The van der Waals surface area contributed by atoms with Gasteiger partial charge < -0.3 is 15.7 Å². The molecule has 28 heavy (non-hydrogen) atoms. The average Bonchev–Trinajstić information content (AvgIpc) is 3.08. The molecule has 4 N–H and O–H groups in total. The van der Waals surface area contributed by atoms with Crippen LogP contribution in [0.15, 0.2) is 30.5 Å². The van der Waals surface area contributed by atoms with Crippen LogP contribution in [0.4, 0.5) is 10.2 Å². The summed E-state index contributed by atoms with van der Waals surface area (Å²) in [7, 11) is 0. The quantitative estimate of drug-likeness (QED) is 0.638. The van der Waals surface area contributed by atoms with Gasteiger partial charge in [-0.25, -0.2) is 14.4 Å². The van der Waals surface area contributed by atoms with E-state index in [2.05, 4.69) is 34.0 Å². The first-order valence-corrected chi connectivity index (χ1v) is 9.56. The third kappa shape index (κ3) is 3.33. The van der Waals surface area contributed by atoms with Crippen LogP contribution in [0.5, 0.6) is 0 Å². The highest BCUT2D eigenvalue weighted by Gasteiger charge is 2.40. The molecule has 0 unspecified atom stereocenters. The van der Waals surface area contributed by atoms with Crippen molar-refractivity contribution < 1.29 is 9.50 Å². The van der Waals surface area contributed by atoms with Crippen LogP contribution in [0.25, 0.3) is 22.4 Å². The lowest BCUT2D eigenvalue weighted by Crippen LogP contribution is -2.61. The van der Waals surface area contributed by atoms with Gasteiger partial charge in [0.15, 0.2) is 11.5 Å². The van der Waals surface area contributed by atoms with E-state index in [0.717, 1.165) is 0 Å². The SMILES string of the molecule is CC(C)C[C@]1(O)CN(c2ccc(F)c(-c3[nH]nc4ncccc34)n2)CC[C@@H]1N. The Labute approximate surface area is 162 Å². The molecule has 0 radical (unpaired) electrons. The van der Waals surface area contributed by atoms with Crippen molar-refractivity contribution in [2.24, 2.45) is 11.7 Å². The molecule has 3 aromatic heterocycles. The third-order valence-corrected chi connectivity index (χ3v) is 5.35. The monoisotopic (exact) mass is 384 g/mol. The van der Waals surface area contributed by atoms with Crippen molar-refractivity contribution in [3.05, 3.63) is 36.3 Å². The molecule has 0 amide bonds. The van der Waals surface area contributed by atoms with E-state index in [4.69, 9.17) is 5.73 Å². The molecule has 8 heteroatoms. The first-order chi connectivity index (χ1) is 13.4. The Hall–Kier alpha value is -2.58. The Balaban J connectivity index is 1.69. The molecule has 0 aromatic carbocycles. The Bertz CT molecular complexity index is 990. The molecule has 0 aliphatic carbocycles. The van der Waals surface area contributed by atoms with Crippen molar-refractivity contribution in [3.8, 4) is 11.4 Å². The molecule has 1 saturated heterocycles. The van der Waals surface area contributed by atoms with Crippen molar-refractivity contribution in [1.29, 1.82) is 0 Å². The summed E-state index contributed by atoms with van der Waals surface area (Å²) in [6, 6.07) is 6.37. The summed E-state index contributed by atoms with van der Waals surface area (Å²) in [5.74, 6) is 0.484. The summed E-state index contributed by atoms with van der Waals surface area (Å²) in [6.45, 7) is 5.16. The fourth-order valence-corrected chi connectivity index (χ4v) is 4.02. The van der Waals surface area contributed by atoms with E-state index in [1.807, 2.05) is 11.0 Å². The minimum Gasteiger partial charge on any atom is -0.386 e. The summed E-state index contributed by atoms with van der Waals surface area (Å²) in [5.41, 5.74) is 6.42. The second-order valence-electron chi connectivity index (χ2n) is 7.99. The number of piperidine rings is 1. The van der Waals surface area contributed by atoms with Crippen molar-refractivity contribution in [2.45, 2.75) is 38.3 Å². The molecule has 0 saturated carbocycles. The number of rotatable bonds is 4. The van der Waals surface area contributed by atoms with Crippen LogP contribution in [-0.2, 0) is 0 Å². The van der Waals surface area contributed by atoms with Crippen LogP contribution < -0.4 is 10.6 Å². The number of nitrogens with zero attached hydrogens (tertiary/aromatic N) is 4. The average molecular weight is 384 g/mol. The third-order valence-electron chi connectivity index (χ3n) is 5.35. The highest BCUT2D eigenvalue weighted by Crippen LogP contribution is 2.32. The van der Waals surface area contributed by atoms with Gasteiger partial charge in [-0.2, -0.15) is 5.10 Å². The van der Waals surface area contributed by atoms with Gasteiger partial charge in [0, 0.05) is 30.7 Å². The largest absolute Gasteiger partial charge is 0.386 e. The second-order valence-corrected chi connectivity index (χ2v) is 7.99. The molecule has 3 aromatic rings. The molecule has 1 fully saturated rings. The number of hydrogen-bond donors (Lipinski definition) is 3. The van der Waals surface area contributed by atoms with E-state index in [9.17, 15) is 9.50 Å². The summed E-state index contributed by atoms with van der Waals surface area (Å²) in [5, 5.41) is 18.8. The Morgan fingerprint density at radius 3 is 3.00 bits per heavy atom. The lowest BCUT2D eigenvalue weighted by molar-refractivity contribution is -0.0108. The smallest absolute Gasteiger partial charge is 0.181 e. The first-order valence-electron chi connectivity index (χ1n) is 9.56. The van der Waals surface area contributed by atoms with Crippen LogP contribution >= 0.6 is 0 Å². The van der Waals surface area contributed by atoms with Gasteiger partial charge in [-0.15, -0.1) is 0 Å². The van der Waals surface area contributed by atoms with Gasteiger partial charge in [0.25, 0.3) is 0 Å². The number of halogens is 1. The highest BCUT2D eigenvalue weighted by molar-refractivity contribution is 5.89. The van der Waals surface area contributed by atoms with E-state index < -0.39 is 11.4 Å². The topological polar surface area (TPSA) is 104 Å². The molecule has 1 aliphatic heterocycles. The molecule has 148 valence electrons. The number of nitrogens with one attached hydrogen (secondary N) is 1. The Kier molecular flexibility index (Phi) is 4.76. The fraction of sp³-hybridized carbons (Fsp3) is 0.450. The molecular formula is C20H25FN6O.